The van der Waals surface area contributed by atoms with Crippen molar-refractivity contribution in [3.63, 3.8) is 0 Å². The number of ether oxygens (including phenoxy) is 2. The van der Waals surface area contributed by atoms with Crippen LogP contribution in [0.4, 0.5) is 5.13 Å². The molecule has 1 amide bonds. The van der Waals surface area contributed by atoms with Crippen LogP contribution in [0.25, 0.3) is 10.2 Å². The van der Waals surface area contributed by atoms with E-state index in [4.69, 9.17) is 32.7 Å². The molecule has 1 aliphatic rings. The van der Waals surface area contributed by atoms with Gasteiger partial charge in [0.15, 0.2) is 5.13 Å². The molecule has 30 heavy (non-hydrogen) atoms. The molecule has 0 unspecified atom stereocenters. The third-order valence-corrected chi connectivity index (χ3v) is 6.55. The molecule has 4 rings (SSSR count). The Balaban J connectivity index is 1.69. The normalized spacial score (nSPS) is 14.8. The molecule has 0 N–H and O–H groups in total. The summed E-state index contributed by atoms with van der Waals surface area (Å²) in [5.41, 5.74) is 1.10. The minimum absolute atomic E-state index is 0.210. The SMILES string of the molecule is COc1ccc(Cl)cc1C(=O)N(CCN1CCOCC1)c1nc2c(Cl)cccc2s1. The predicted octanol–water partition coefficient (Wildman–Crippen LogP) is 4.59. The van der Waals surface area contributed by atoms with Crippen molar-refractivity contribution in [1.29, 1.82) is 0 Å². The Morgan fingerprint density at radius 3 is 2.80 bits per heavy atom. The van der Waals surface area contributed by atoms with Gasteiger partial charge in [0, 0.05) is 31.2 Å². The van der Waals surface area contributed by atoms with Gasteiger partial charge in [0.05, 0.1) is 35.6 Å². The molecule has 0 spiro atoms. The summed E-state index contributed by atoms with van der Waals surface area (Å²) in [5.74, 6) is 0.262. The zero-order valence-corrected chi connectivity index (χ0v) is 18.8. The first kappa shape index (κ1) is 21.3. The summed E-state index contributed by atoms with van der Waals surface area (Å²) in [6.07, 6.45) is 0. The lowest BCUT2D eigenvalue weighted by Gasteiger charge is -2.29. The van der Waals surface area contributed by atoms with Gasteiger partial charge in [-0.1, -0.05) is 40.6 Å². The van der Waals surface area contributed by atoms with Gasteiger partial charge in [-0.3, -0.25) is 14.6 Å². The van der Waals surface area contributed by atoms with Crippen molar-refractivity contribution in [2.75, 3.05) is 51.4 Å². The minimum atomic E-state index is -0.210. The number of morpholine rings is 1. The Morgan fingerprint density at radius 2 is 2.07 bits per heavy atom. The van der Waals surface area contributed by atoms with E-state index in [9.17, 15) is 4.79 Å². The number of nitrogens with zero attached hydrogens (tertiary/aromatic N) is 3. The summed E-state index contributed by atoms with van der Waals surface area (Å²) in [6, 6.07) is 10.7. The van der Waals surface area contributed by atoms with Crippen molar-refractivity contribution < 1.29 is 14.3 Å². The van der Waals surface area contributed by atoms with Crippen LogP contribution in [0.5, 0.6) is 5.75 Å². The number of anilines is 1. The van der Waals surface area contributed by atoms with Crippen LogP contribution >= 0.6 is 34.5 Å². The monoisotopic (exact) mass is 465 g/mol. The third-order valence-electron chi connectivity index (χ3n) is 4.97. The maximum absolute atomic E-state index is 13.6. The lowest BCUT2D eigenvalue weighted by Crippen LogP contribution is -2.43. The molecule has 2 heterocycles. The number of para-hydroxylation sites is 1. The molecule has 2 aromatic carbocycles. The van der Waals surface area contributed by atoms with Crippen molar-refractivity contribution in [3.8, 4) is 5.75 Å². The molecule has 9 heteroatoms. The topological polar surface area (TPSA) is 54.9 Å². The molecule has 1 aliphatic heterocycles. The number of aromatic nitrogens is 1. The first-order valence-electron chi connectivity index (χ1n) is 9.57. The number of halogens is 2. The maximum atomic E-state index is 13.6. The number of fused-ring (bicyclic) bond motifs is 1. The molecule has 1 fully saturated rings. The van der Waals surface area contributed by atoms with Gasteiger partial charge in [-0.2, -0.15) is 0 Å². The van der Waals surface area contributed by atoms with E-state index in [0.717, 1.165) is 17.8 Å². The van der Waals surface area contributed by atoms with E-state index < -0.39 is 0 Å². The first-order chi connectivity index (χ1) is 14.6. The van der Waals surface area contributed by atoms with Crippen molar-refractivity contribution in [3.05, 3.63) is 52.0 Å². The van der Waals surface area contributed by atoms with Crippen molar-refractivity contribution in [1.82, 2.24) is 9.88 Å². The van der Waals surface area contributed by atoms with E-state index in [2.05, 4.69) is 9.88 Å². The highest BCUT2D eigenvalue weighted by Crippen LogP contribution is 2.34. The Bertz CT molecular complexity index is 1050. The number of benzene rings is 2. The Labute approximate surface area is 188 Å². The minimum Gasteiger partial charge on any atom is -0.496 e. The molecule has 0 aliphatic carbocycles. The molecule has 0 bridgehead atoms. The number of carbonyl (C=O) groups is 1. The van der Waals surface area contributed by atoms with E-state index in [1.807, 2.05) is 12.1 Å². The van der Waals surface area contributed by atoms with Crippen LogP contribution in [0.15, 0.2) is 36.4 Å². The molecule has 158 valence electrons. The average molecular weight is 466 g/mol. The van der Waals surface area contributed by atoms with Gasteiger partial charge >= 0.3 is 0 Å². The zero-order chi connectivity index (χ0) is 21.1. The molecule has 3 aromatic rings. The lowest BCUT2D eigenvalue weighted by atomic mass is 10.1. The molecule has 0 radical (unpaired) electrons. The summed E-state index contributed by atoms with van der Waals surface area (Å²) in [5, 5.41) is 1.63. The van der Waals surface area contributed by atoms with Gasteiger partial charge in [0.1, 0.15) is 11.3 Å². The second-order valence-electron chi connectivity index (χ2n) is 6.84. The van der Waals surface area contributed by atoms with E-state index in [-0.39, 0.29) is 5.91 Å². The van der Waals surface area contributed by atoms with Gasteiger partial charge in [-0.15, -0.1) is 0 Å². The van der Waals surface area contributed by atoms with Gasteiger partial charge in [-0.25, -0.2) is 4.98 Å². The summed E-state index contributed by atoms with van der Waals surface area (Å²) < 4.78 is 11.8. The number of rotatable bonds is 6. The fourth-order valence-corrected chi connectivity index (χ4v) is 4.82. The Kier molecular flexibility index (Phi) is 6.75. The highest BCUT2D eigenvalue weighted by atomic mass is 35.5. The van der Waals surface area contributed by atoms with Gasteiger partial charge in [0.25, 0.3) is 5.91 Å². The van der Waals surface area contributed by atoms with Crippen molar-refractivity contribution in [2.24, 2.45) is 0 Å². The Hall–Kier alpha value is -1.90. The van der Waals surface area contributed by atoms with Crippen molar-refractivity contribution >= 4 is 55.8 Å². The second-order valence-corrected chi connectivity index (χ2v) is 8.69. The lowest BCUT2D eigenvalue weighted by molar-refractivity contribution is 0.0391. The second kappa shape index (κ2) is 9.49. The number of carbonyl (C=O) groups excluding carboxylic acids is 1. The van der Waals surface area contributed by atoms with Gasteiger partial charge < -0.3 is 9.47 Å². The van der Waals surface area contributed by atoms with Crippen LogP contribution in [0.1, 0.15) is 10.4 Å². The van der Waals surface area contributed by atoms with Crippen molar-refractivity contribution in [2.45, 2.75) is 0 Å². The molecule has 0 atom stereocenters. The zero-order valence-electron chi connectivity index (χ0n) is 16.4. The summed E-state index contributed by atoms with van der Waals surface area (Å²) >= 11 is 13.9. The number of thiazole rings is 1. The highest BCUT2D eigenvalue weighted by molar-refractivity contribution is 7.22. The summed E-state index contributed by atoms with van der Waals surface area (Å²) in [6.45, 7) is 4.27. The smallest absolute Gasteiger partial charge is 0.263 e. The van der Waals surface area contributed by atoms with E-state index >= 15 is 0 Å². The number of hydrogen-bond acceptors (Lipinski definition) is 6. The fraction of sp³-hybridized carbons (Fsp3) is 0.333. The quantitative estimate of drug-likeness (QED) is 0.532. The van der Waals surface area contributed by atoms with E-state index in [1.165, 1.54) is 18.4 Å². The predicted molar refractivity (Wildman–Crippen MR) is 122 cm³/mol. The van der Waals surface area contributed by atoms with Crippen LogP contribution in [0, 0.1) is 0 Å². The maximum Gasteiger partial charge on any atom is 0.263 e. The molecule has 1 aromatic heterocycles. The van der Waals surface area contributed by atoms with E-state index in [1.54, 1.807) is 29.2 Å². The van der Waals surface area contributed by atoms with Crippen LogP contribution < -0.4 is 9.64 Å². The van der Waals surface area contributed by atoms with E-state index in [0.29, 0.717) is 58.3 Å². The summed E-state index contributed by atoms with van der Waals surface area (Å²) in [7, 11) is 1.54. The largest absolute Gasteiger partial charge is 0.496 e. The Morgan fingerprint density at radius 1 is 1.27 bits per heavy atom. The number of amides is 1. The molecule has 0 saturated carbocycles. The van der Waals surface area contributed by atoms with Gasteiger partial charge in [0.2, 0.25) is 0 Å². The number of methoxy groups -OCH3 is 1. The highest BCUT2D eigenvalue weighted by Gasteiger charge is 2.25. The van der Waals surface area contributed by atoms with Crippen LogP contribution in [-0.4, -0.2) is 62.3 Å². The molecular weight excluding hydrogens is 445 g/mol. The molecule has 6 nitrogen and oxygen atoms in total. The first-order valence-corrected chi connectivity index (χ1v) is 11.1. The van der Waals surface area contributed by atoms with Crippen LogP contribution in [0.3, 0.4) is 0 Å². The molecular formula is C21H21Cl2N3O3S. The third kappa shape index (κ3) is 4.55. The molecule has 1 saturated heterocycles. The van der Waals surface area contributed by atoms with Crippen LogP contribution in [0.2, 0.25) is 10.0 Å². The standard InChI is InChI=1S/C21H21Cl2N3O3S/c1-28-17-6-5-14(22)13-15(17)20(27)26(8-7-25-9-11-29-12-10-25)21-24-19-16(23)3-2-4-18(19)30-21/h2-6,13H,7-12H2,1H3. The van der Waals surface area contributed by atoms with Gasteiger partial charge in [-0.05, 0) is 30.3 Å². The summed E-state index contributed by atoms with van der Waals surface area (Å²) in [4.78, 5) is 22.2. The van der Waals surface area contributed by atoms with Crippen LogP contribution in [-0.2, 0) is 4.74 Å². The number of hydrogen-bond donors (Lipinski definition) is 0. The fourth-order valence-electron chi connectivity index (χ4n) is 3.36. The average Bonchev–Trinajstić information content (AvgIpc) is 3.20.